The summed E-state index contributed by atoms with van der Waals surface area (Å²) in [5.74, 6) is 2.33. The minimum atomic E-state index is -0.247. The predicted octanol–water partition coefficient (Wildman–Crippen LogP) is 6.21. The van der Waals surface area contributed by atoms with Crippen molar-refractivity contribution in [2.75, 3.05) is 25.6 Å². The van der Waals surface area contributed by atoms with E-state index in [4.69, 9.17) is 14.2 Å². The van der Waals surface area contributed by atoms with E-state index in [0.29, 0.717) is 35.8 Å². The number of ether oxygens (including phenoxy) is 3. The maximum absolute atomic E-state index is 12.5. The number of carbonyl (C=O) groups is 1. The molecule has 0 saturated heterocycles. The van der Waals surface area contributed by atoms with Crippen LogP contribution in [0.1, 0.15) is 31.2 Å². The fourth-order valence-corrected chi connectivity index (χ4v) is 3.90. The first-order chi connectivity index (χ1) is 15.9. The number of rotatable bonds is 10. The number of hydrogen-bond donors (Lipinski definition) is 1. The van der Waals surface area contributed by atoms with Crippen LogP contribution in [0.5, 0.6) is 17.2 Å². The van der Waals surface area contributed by atoms with Crippen LogP contribution < -0.4 is 19.5 Å². The molecule has 0 fully saturated rings. The normalized spacial score (nSPS) is 11.1. The Bertz CT molecular complexity index is 1100. The number of aryl methyl sites for hydroxylation is 1. The van der Waals surface area contributed by atoms with Crippen molar-refractivity contribution in [2.45, 2.75) is 27.7 Å². The van der Waals surface area contributed by atoms with Crippen LogP contribution in [0.15, 0.2) is 48.5 Å². The smallest absolute Gasteiger partial charge is 0.250 e. The van der Waals surface area contributed by atoms with Crippen molar-refractivity contribution in [1.29, 1.82) is 0 Å². The van der Waals surface area contributed by atoms with E-state index in [2.05, 4.69) is 24.1 Å². The van der Waals surface area contributed by atoms with Gasteiger partial charge in [0.05, 0.1) is 26.0 Å². The van der Waals surface area contributed by atoms with Crippen molar-refractivity contribution in [3.63, 3.8) is 0 Å². The third-order valence-electron chi connectivity index (χ3n) is 4.66. The zero-order valence-electron chi connectivity index (χ0n) is 19.7. The zero-order valence-corrected chi connectivity index (χ0v) is 20.5. The Morgan fingerprint density at radius 2 is 1.88 bits per heavy atom. The quantitative estimate of drug-likeness (QED) is 0.360. The average Bonchev–Trinajstić information content (AvgIpc) is 3.17. The summed E-state index contributed by atoms with van der Waals surface area (Å²) < 4.78 is 16.7. The molecule has 1 N–H and O–H groups in total. The van der Waals surface area contributed by atoms with Gasteiger partial charge in [-0.15, -0.1) is 11.3 Å². The molecular weight excluding hydrogens is 436 g/mol. The van der Waals surface area contributed by atoms with Gasteiger partial charge in [-0.05, 0) is 67.8 Å². The van der Waals surface area contributed by atoms with Crippen molar-refractivity contribution in [3.8, 4) is 28.5 Å². The highest BCUT2D eigenvalue weighted by Crippen LogP contribution is 2.32. The number of anilines is 1. The molecule has 7 heteroatoms. The number of thiazole rings is 1. The molecule has 0 bridgehead atoms. The molecule has 3 rings (SSSR count). The number of methoxy groups -OCH3 is 1. The highest BCUT2D eigenvalue weighted by Gasteiger charge is 2.12. The predicted molar refractivity (Wildman–Crippen MR) is 134 cm³/mol. The first-order valence-electron chi connectivity index (χ1n) is 10.9. The fourth-order valence-electron chi connectivity index (χ4n) is 3.06. The van der Waals surface area contributed by atoms with Crippen molar-refractivity contribution >= 4 is 28.5 Å². The lowest BCUT2D eigenvalue weighted by molar-refractivity contribution is -0.111. The standard InChI is InChI=1S/C26H30N2O4S/c1-6-31-23-15-19(7-13-22(23)32-16-17(2)3)8-14-24(29)27-26-28-25(18(4)33-26)20-9-11-21(30-5)12-10-20/h7-15,17H,6,16H2,1-5H3,(H,27,28,29)/b14-8+. The van der Waals surface area contributed by atoms with Gasteiger partial charge in [-0.1, -0.05) is 19.9 Å². The summed E-state index contributed by atoms with van der Waals surface area (Å²) in [6, 6.07) is 13.3. The molecule has 1 heterocycles. The second-order valence-corrected chi connectivity index (χ2v) is 9.02. The van der Waals surface area contributed by atoms with E-state index in [1.807, 2.05) is 56.3 Å². The van der Waals surface area contributed by atoms with E-state index in [-0.39, 0.29) is 5.91 Å². The highest BCUT2D eigenvalue weighted by molar-refractivity contribution is 7.16. The van der Waals surface area contributed by atoms with Crippen LogP contribution in [0, 0.1) is 12.8 Å². The van der Waals surface area contributed by atoms with Gasteiger partial charge >= 0.3 is 0 Å². The summed E-state index contributed by atoms with van der Waals surface area (Å²) in [5.41, 5.74) is 2.67. The first kappa shape index (κ1) is 24.3. The Morgan fingerprint density at radius 1 is 1.12 bits per heavy atom. The Morgan fingerprint density at radius 3 is 2.55 bits per heavy atom. The first-order valence-corrected chi connectivity index (χ1v) is 11.7. The summed E-state index contributed by atoms with van der Waals surface area (Å²) in [7, 11) is 1.64. The molecule has 6 nitrogen and oxygen atoms in total. The molecule has 0 aliphatic carbocycles. The number of amides is 1. The van der Waals surface area contributed by atoms with Gasteiger partial charge in [0, 0.05) is 16.5 Å². The Labute approximate surface area is 199 Å². The number of nitrogens with one attached hydrogen (secondary N) is 1. The fraction of sp³-hybridized carbons (Fsp3) is 0.308. The van der Waals surface area contributed by atoms with Crippen molar-refractivity contribution in [3.05, 3.63) is 59.0 Å². The second kappa shape index (κ2) is 11.5. The van der Waals surface area contributed by atoms with Crippen molar-refractivity contribution in [1.82, 2.24) is 4.98 Å². The molecule has 0 aliphatic rings. The summed E-state index contributed by atoms with van der Waals surface area (Å²) >= 11 is 1.44. The van der Waals surface area contributed by atoms with E-state index >= 15 is 0 Å². The molecular formula is C26H30N2O4S. The summed E-state index contributed by atoms with van der Waals surface area (Å²) in [6.45, 7) is 9.26. The molecule has 1 aromatic heterocycles. The maximum Gasteiger partial charge on any atom is 0.250 e. The minimum absolute atomic E-state index is 0.247. The van der Waals surface area contributed by atoms with Gasteiger partial charge in [0.2, 0.25) is 5.91 Å². The van der Waals surface area contributed by atoms with Gasteiger partial charge in [0.15, 0.2) is 16.6 Å². The van der Waals surface area contributed by atoms with Gasteiger partial charge in [-0.3, -0.25) is 10.1 Å². The largest absolute Gasteiger partial charge is 0.497 e. The van der Waals surface area contributed by atoms with Gasteiger partial charge in [-0.2, -0.15) is 0 Å². The average molecular weight is 467 g/mol. The Hall–Kier alpha value is -3.32. The topological polar surface area (TPSA) is 69.7 Å². The lowest BCUT2D eigenvalue weighted by atomic mass is 10.1. The van der Waals surface area contributed by atoms with Crippen LogP contribution >= 0.6 is 11.3 Å². The third-order valence-corrected chi connectivity index (χ3v) is 5.54. The molecule has 33 heavy (non-hydrogen) atoms. The van der Waals surface area contributed by atoms with E-state index < -0.39 is 0 Å². The summed E-state index contributed by atoms with van der Waals surface area (Å²) in [6.07, 6.45) is 3.23. The monoisotopic (exact) mass is 466 g/mol. The van der Waals surface area contributed by atoms with E-state index in [9.17, 15) is 4.79 Å². The van der Waals surface area contributed by atoms with Crippen LogP contribution in [-0.4, -0.2) is 31.2 Å². The summed E-state index contributed by atoms with van der Waals surface area (Å²) in [4.78, 5) is 18.1. The molecule has 0 unspecified atom stereocenters. The lowest BCUT2D eigenvalue weighted by Gasteiger charge is -2.14. The molecule has 0 radical (unpaired) electrons. The number of benzene rings is 2. The zero-order chi connectivity index (χ0) is 23.8. The molecule has 1 amide bonds. The number of aromatic nitrogens is 1. The van der Waals surface area contributed by atoms with Crippen molar-refractivity contribution < 1.29 is 19.0 Å². The van der Waals surface area contributed by atoms with E-state index in [1.165, 1.54) is 17.4 Å². The molecule has 0 atom stereocenters. The van der Waals surface area contributed by atoms with Crippen LogP contribution in [0.2, 0.25) is 0 Å². The van der Waals surface area contributed by atoms with Gasteiger partial charge in [0.25, 0.3) is 0 Å². The molecule has 0 spiro atoms. The molecule has 3 aromatic rings. The minimum Gasteiger partial charge on any atom is -0.497 e. The lowest BCUT2D eigenvalue weighted by Crippen LogP contribution is -2.07. The molecule has 0 aliphatic heterocycles. The second-order valence-electron chi connectivity index (χ2n) is 7.82. The molecule has 0 saturated carbocycles. The van der Waals surface area contributed by atoms with Gasteiger partial charge < -0.3 is 14.2 Å². The van der Waals surface area contributed by atoms with Crippen LogP contribution in [-0.2, 0) is 4.79 Å². The van der Waals surface area contributed by atoms with Crippen molar-refractivity contribution in [2.24, 2.45) is 5.92 Å². The SMILES string of the molecule is CCOc1cc(/C=C/C(=O)Nc2nc(-c3ccc(OC)cc3)c(C)s2)ccc1OCC(C)C. The highest BCUT2D eigenvalue weighted by atomic mass is 32.1. The number of nitrogens with zero attached hydrogens (tertiary/aromatic N) is 1. The van der Waals surface area contributed by atoms with Crippen LogP contribution in [0.3, 0.4) is 0 Å². The van der Waals surface area contributed by atoms with Crippen LogP contribution in [0.25, 0.3) is 17.3 Å². The maximum atomic E-state index is 12.5. The van der Waals surface area contributed by atoms with E-state index in [0.717, 1.165) is 27.4 Å². The summed E-state index contributed by atoms with van der Waals surface area (Å²) in [5, 5.41) is 3.41. The third kappa shape index (κ3) is 6.83. The van der Waals surface area contributed by atoms with Gasteiger partial charge in [-0.25, -0.2) is 4.98 Å². The number of carbonyl (C=O) groups excluding carboxylic acids is 1. The molecule has 2 aromatic carbocycles. The number of hydrogen-bond acceptors (Lipinski definition) is 6. The Kier molecular flexibility index (Phi) is 8.49. The van der Waals surface area contributed by atoms with E-state index in [1.54, 1.807) is 13.2 Å². The van der Waals surface area contributed by atoms with Crippen LogP contribution in [0.4, 0.5) is 5.13 Å². The van der Waals surface area contributed by atoms with Gasteiger partial charge in [0.1, 0.15) is 5.75 Å². The molecule has 174 valence electrons. The Balaban J connectivity index is 1.67.